The predicted molar refractivity (Wildman–Crippen MR) is 67.9 cm³/mol. The van der Waals surface area contributed by atoms with E-state index in [0.29, 0.717) is 12.3 Å². The molecule has 0 atom stereocenters. The second-order valence-electron chi connectivity index (χ2n) is 5.08. The molecule has 0 saturated carbocycles. The molecule has 94 valence electrons. The summed E-state index contributed by atoms with van der Waals surface area (Å²) < 4.78 is 0. The van der Waals surface area contributed by atoms with Gasteiger partial charge in [-0.15, -0.1) is 0 Å². The first-order valence-corrected chi connectivity index (χ1v) is 6.54. The molecule has 1 saturated heterocycles. The molecule has 0 amide bonds. The van der Waals surface area contributed by atoms with Crippen molar-refractivity contribution in [2.45, 2.75) is 32.1 Å². The number of aliphatic carboxylic acids is 1. The van der Waals surface area contributed by atoms with E-state index < -0.39 is 5.97 Å². The fourth-order valence-corrected chi connectivity index (χ4v) is 2.64. The van der Waals surface area contributed by atoms with Gasteiger partial charge in [-0.2, -0.15) is 0 Å². The summed E-state index contributed by atoms with van der Waals surface area (Å²) in [5.74, 6) is -0.263. The molecule has 0 spiro atoms. The highest BCUT2D eigenvalue weighted by atomic mass is 16.4. The molecule has 0 bridgehead atoms. The normalized spacial score (nSPS) is 22.5. The van der Waals surface area contributed by atoms with E-state index in [1.54, 1.807) is 0 Å². The van der Waals surface area contributed by atoms with Crippen molar-refractivity contribution in [1.82, 2.24) is 4.90 Å². The number of hydrogen-bond acceptors (Lipinski definition) is 2. The number of piperidine rings is 1. The monoisotopic (exact) mass is 235 g/mol. The van der Waals surface area contributed by atoms with Crippen LogP contribution in [0, 0.1) is 5.92 Å². The zero-order valence-corrected chi connectivity index (χ0v) is 10.3. The maximum Gasteiger partial charge on any atom is 0.303 e. The third-order valence-electron chi connectivity index (χ3n) is 3.65. The fraction of sp³-hybridized carbons (Fsp3) is 0.643. The lowest BCUT2D eigenvalue weighted by Crippen LogP contribution is -2.35. The molecule has 0 aromatic carbocycles. The van der Waals surface area contributed by atoms with E-state index in [1.165, 1.54) is 18.4 Å². The molecule has 3 heteroatoms. The van der Waals surface area contributed by atoms with Crippen LogP contribution in [0.1, 0.15) is 32.1 Å². The Bertz CT molecular complexity index is 325. The molecule has 2 aliphatic rings. The van der Waals surface area contributed by atoms with Gasteiger partial charge in [0.05, 0.1) is 0 Å². The van der Waals surface area contributed by atoms with Crippen molar-refractivity contribution >= 4 is 5.97 Å². The van der Waals surface area contributed by atoms with Crippen LogP contribution in [0.25, 0.3) is 0 Å². The number of carbonyl (C=O) groups is 1. The number of likely N-dealkylation sites (tertiary alicyclic amines) is 1. The number of rotatable bonds is 4. The van der Waals surface area contributed by atoms with E-state index in [2.05, 4.69) is 23.1 Å². The largest absolute Gasteiger partial charge is 0.481 e. The van der Waals surface area contributed by atoms with E-state index in [4.69, 9.17) is 5.11 Å². The van der Waals surface area contributed by atoms with Crippen molar-refractivity contribution in [3.63, 3.8) is 0 Å². The summed E-state index contributed by atoms with van der Waals surface area (Å²) in [4.78, 5) is 13.1. The molecule has 1 fully saturated rings. The first-order chi connectivity index (χ1) is 8.24. The highest BCUT2D eigenvalue weighted by Crippen LogP contribution is 2.21. The molecule has 0 radical (unpaired) electrons. The number of allylic oxidation sites excluding steroid dienone is 2. The quantitative estimate of drug-likeness (QED) is 0.813. The second-order valence-corrected chi connectivity index (χ2v) is 5.08. The highest BCUT2D eigenvalue weighted by Gasteiger charge is 2.21. The Labute approximate surface area is 103 Å². The summed E-state index contributed by atoms with van der Waals surface area (Å²) in [5, 5.41) is 8.76. The molecule has 1 aliphatic carbocycles. The second kappa shape index (κ2) is 6.01. The van der Waals surface area contributed by atoms with Crippen molar-refractivity contribution in [1.29, 1.82) is 0 Å². The lowest BCUT2D eigenvalue weighted by atomic mass is 9.93. The molecule has 17 heavy (non-hydrogen) atoms. The van der Waals surface area contributed by atoms with Crippen LogP contribution in [0.5, 0.6) is 0 Å². The molecular formula is C14H21NO2. The Morgan fingerprint density at radius 1 is 1.35 bits per heavy atom. The van der Waals surface area contributed by atoms with E-state index in [9.17, 15) is 4.79 Å². The standard InChI is InChI=1S/C14H21NO2/c16-14(17)10-12-6-8-15(9-7-12)11-13-4-2-1-3-5-13/h2,4-5,12H,1,3,6-11H2,(H,16,17). The van der Waals surface area contributed by atoms with E-state index >= 15 is 0 Å². The zero-order valence-electron chi connectivity index (χ0n) is 10.3. The van der Waals surface area contributed by atoms with Crippen LogP contribution < -0.4 is 0 Å². The van der Waals surface area contributed by atoms with Gasteiger partial charge in [0.25, 0.3) is 0 Å². The van der Waals surface area contributed by atoms with Crippen LogP contribution in [0.2, 0.25) is 0 Å². The van der Waals surface area contributed by atoms with Crippen LogP contribution >= 0.6 is 0 Å². The average molecular weight is 235 g/mol. The van der Waals surface area contributed by atoms with Crippen molar-refractivity contribution in [2.24, 2.45) is 5.92 Å². The smallest absolute Gasteiger partial charge is 0.303 e. The minimum atomic E-state index is -0.652. The van der Waals surface area contributed by atoms with Crippen molar-refractivity contribution < 1.29 is 9.90 Å². The molecule has 1 aliphatic heterocycles. The molecular weight excluding hydrogens is 214 g/mol. The van der Waals surface area contributed by atoms with Crippen LogP contribution in [0.4, 0.5) is 0 Å². The maximum atomic E-state index is 10.6. The van der Waals surface area contributed by atoms with Crippen molar-refractivity contribution in [3.8, 4) is 0 Å². The third-order valence-corrected chi connectivity index (χ3v) is 3.65. The summed E-state index contributed by atoms with van der Waals surface area (Å²) in [7, 11) is 0. The first-order valence-electron chi connectivity index (χ1n) is 6.54. The van der Waals surface area contributed by atoms with Crippen molar-refractivity contribution in [3.05, 3.63) is 23.8 Å². The lowest BCUT2D eigenvalue weighted by molar-refractivity contribution is -0.138. The lowest BCUT2D eigenvalue weighted by Gasteiger charge is -2.31. The predicted octanol–water partition coefficient (Wildman–Crippen LogP) is 2.45. The molecule has 0 aromatic rings. The maximum absolute atomic E-state index is 10.6. The third kappa shape index (κ3) is 4.00. The Kier molecular flexibility index (Phi) is 4.37. The van der Waals surface area contributed by atoms with Gasteiger partial charge >= 0.3 is 5.97 Å². The molecule has 3 nitrogen and oxygen atoms in total. The van der Waals surface area contributed by atoms with Crippen LogP contribution in [0.3, 0.4) is 0 Å². The topological polar surface area (TPSA) is 40.5 Å². The summed E-state index contributed by atoms with van der Waals surface area (Å²) in [6, 6.07) is 0. The van der Waals surface area contributed by atoms with E-state index in [-0.39, 0.29) is 0 Å². The molecule has 0 unspecified atom stereocenters. The van der Waals surface area contributed by atoms with Gasteiger partial charge in [0.2, 0.25) is 0 Å². The molecule has 0 aromatic heterocycles. The highest BCUT2D eigenvalue weighted by molar-refractivity contribution is 5.67. The summed E-state index contributed by atoms with van der Waals surface area (Å²) >= 11 is 0. The number of nitrogens with zero attached hydrogens (tertiary/aromatic N) is 1. The summed E-state index contributed by atoms with van der Waals surface area (Å²) in [5.41, 5.74) is 1.42. The van der Waals surface area contributed by atoms with Gasteiger partial charge in [-0.05, 0) is 50.3 Å². The van der Waals surface area contributed by atoms with Gasteiger partial charge in [-0.25, -0.2) is 0 Å². The number of carboxylic acids is 1. The fourth-order valence-electron chi connectivity index (χ4n) is 2.64. The Balaban J connectivity index is 1.73. The van der Waals surface area contributed by atoms with E-state index in [1.807, 2.05) is 0 Å². The Morgan fingerprint density at radius 2 is 2.12 bits per heavy atom. The van der Waals surface area contributed by atoms with Gasteiger partial charge < -0.3 is 5.11 Å². The van der Waals surface area contributed by atoms with Crippen LogP contribution in [-0.2, 0) is 4.79 Å². The number of carboxylic acid groups (broad SMARTS) is 1. The average Bonchev–Trinajstić information content (AvgIpc) is 2.32. The molecule has 2 rings (SSSR count). The minimum Gasteiger partial charge on any atom is -0.481 e. The van der Waals surface area contributed by atoms with Gasteiger partial charge in [0.1, 0.15) is 0 Å². The Hall–Kier alpha value is -1.09. The van der Waals surface area contributed by atoms with Gasteiger partial charge in [-0.1, -0.05) is 18.2 Å². The number of hydrogen-bond donors (Lipinski definition) is 1. The minimum absolute atomic E-state index is 0.344. The van der Waals surface area contributed by atoms with Gasteiger partial charge in [-0.3, -0.25) is 9.69 Å². The van der Waals surface area contributed by atoms with Crippen molar-refractivity contribution in [2.75, 3.05) is 19.6 Å². The first kappa shape index (κ1) is 12.4. The van der Waals surface area contributed by atoms with Crippen LogP contribution in [-0.4, -0.2) is 35.6 Å². The molecule has 1 heterocycles. The summed E-state index contributed by atoms with van der Waals surface area (Å²) in [6.07, 6.45) is 11.5. The summed E-state index contributed by atoms with van der Waals surface area (Å²) in [6.45, 7) is 3.13. The van der Waals surface area contributed by atoms with E-state index in [0.717, 1.165) is 32.5 Å². The zero-order chi connectivity index (χ0) is 12.1. The van der Waals surface area contributed by atoms with Crippen LogP contribution in [0.15, 0.2) is 23.8 Å². The molecule has 1 N–H and O–H groups in total. The Morgan fingerprint density at radius 3 is 2.71 bits per heavy atom. The van der Waals surface area contributed by atoms with Gasteiger partial charge in [0, 0.05) is 13.0 Å². The van der Waals surface area contributed by atoms with Gasteiger partial charge in [0.15, 0.2) is 0 Å². The SMILES string of the molecule is O=C(O)CC1CCN(CC2=CCCC=C2)CC1.